The maximum absolute atomic E-state index is 8.71. The third kappa shape index (κ3) is 2.04. The second kappa shape index (κ2) is 4.54. The van der Waals surface area contributed by atoms with Gasteiger partial charge in [-0.25, -0.2) is 9.97 Å². The molecule has 1 aromatic heterocycles. The molecule has 0 bridgehead atoms. The average molecular weight is 243 g/mol. The lowest BCUT2D eigenvalue weighted by molar-refractivity contribution is 0.271. The van der Waals surface area contributed by atoms with Crippen molar-refractivity contribution < 1.29 is 0 Å². The number of nitrogens with two attached hydrogens (primary N) is 1. The van der Waals surface area contributed by atoms with Gasteiger partial charge >= 0.3 is 0 Å². The van der Waals surface area contributed by atoms with Crippen molar-refractivity contribution in [2.75, 3.05) is 18.0 Å². The van der Waals surface area contributed by atoms with Crippen LogP contribution in [-0.2, 0) is 0 Å². The summed E-state index contributed by atoms with van der Waals surface area (Å²) in [5.41, 5.74) is 6.40. The average Bonchev–Trinajstić information content (AvgIpc) is 2.81. The maximum Gasteiger partial charge on any atom is 0.158 e. The van der Waals surface area contributed by atoms with Gasteiger partial charge in [-0.3, -0.25) is 0 Å². The van der Waals surface area contributed by atoms with Crippen LogP contribution in [-0.4, -0.2) is 29.1 Å². The van der Waals surface area contributed by atoms with Crippen LogP contribution in [0.4, 0.5) is 5.82 Å². The van der Waals surface area contributed by atoms with E-state index in [1.54, 1.807) is 12.4 Å². The number of nitrogens with zero attached hydrogens (tertiary/aromatic N) is 4. The zero-order valence-corrected chi connectivity index (χ0v) is 10.3. The molecule has 1 aliphatic carbocycles. The molecular weight excluding hydrogens is 226 g/mol. The van der Waals surface area contributed by atoms with Crippen LogP contribution >= 0.6 is 0 Å². The van der Waals surface area contributed by atoms with Gasteiger partial charge in [0.25, 0.3) is 0 Å². The molecule has 94 valence electrons. The minimum Gasteiger partial charge on any atom is -0.355 e. The van der Waals surface area contributed by atoms with Gasteiger partial charge in [0, 0.05) is 19.1 Å². The summed E-state index contributed by atoms with van der Waals surface area (Å²) in [6.07, 6.45) is 6.75. The quantitative estimate of drug-likeness (QED) is 0.793. The fourth-order valence-electron chi connectivity index (χ4n) is 3.20. The van der Waals surface area contributed by atoms with E-state index < -0.39 is 0 Å². The summed E-state index contributed by atoms with van der Waals surface area (Å²) in [4.78, 5) is 10.7. The number of hydrogen-bond donors (Lipinski definition) is 1. The lowest BCUT2D eigenvalue weighted by Gasteiger charge is -2.27. The van der Waals surface area contributed by atoms with Crippen LogP contribution in [0.25, 0.3) is 0 Å². The molecule has 2 fully saturated rings. The highest BCUT2D eigenvalue weighted by atomic mass is 15.2. The van der Waals surface area contributed by atoms with Crippen LogP contribution < -0.4 is 10.6 Å². The Balaban J connectivity index is 1.73. The van der Waals surface area contributed by atoms with Gasteiger partial charge in [0.2, 0.25) is 0 Å². The molecule has 2 N–H and O–H groups in total. The van der Waals surface area contributed by atoms with E-state index in [2.05, 4.69) is 14.9 Å². The minimum absolute atomic E-state index is 0.373. The van der Waals surface area contributed by atoms with E-state index in [1.165, 1.54) is 6.42 Å². The third-order valence-corrected chi connectivity index (χ3v) is 4.17. The van der Waals surface area contributed by atoms with Crippen molar-refractivity contribution in [2.45, 2.75) is 25.3 Å². The summed E-state index contributed by atoms with van der Waals surface area (Å²) in [5, 5.41) is 8.71. The second-order valence-corrected chi connectivity index (χ2v) is 5.37. The van der Waals surface area contributed by atoms with E-state index in [-0.39, 0.29) is 0 Å². The number of nitriles is 1. The molecule has 1 unspecified atom stereocenters. The monoisotopic (exact) mass is 243 g/mol. The van der Waals surface area contributed by atoms with Crippen molar-refractivity contribution in [1.29, 1.82) is 5.26 Å². The molecule has 3 rings (SSSR count). The first-order valence-electron chi connectivity index (χ1n) is 6.49. The smallest absolute Gasteiger partial charge is 0.158 e. The Morgan fingerprint density at radius 3 is 2.78 bits per heavy atom. The highest BCUT2D eigenvalue weighted by Crippen LogP contribution is 2.36. The van der Waals surface area contributed by atoms with E-state index in [0.29, 0.717) is 17.7 Å². The fourth-order valence-corrected chi connectivity index (χ4v) is 3.20. The summed E-state index contributed by atoms with van der Waals surface area (Å²) in [6.45, 7) is 2.08. The molecule has 5 heteroatoms. The van der Waals surface area contributed by atoms with E-state index in [4.69, 9.17) is 11.0 Å². The van der Waals surface area contributed by atoms with Gasteiger partial charge in [-0.1, -0.05) is 0 Å². The van der Waals surface area contributed by atoms with Gasteiger partial charge in [0.05, 0.1) is 12.4 Å². The van der Waals surface area contributed by atoms with Gasteiger partial charge < -0.3 is 10.6 Å². The Bertz CT molecular complexity index is 463. The molecule has 18 heavy (non-hydrogen) atoms. The van der Waals surface area contributed by atoms with Crippen LogP contribution in [0.3, 0.4) is 0 Å². The lowest BCUT2D eigenvalue weighted by Crippen LogP contribution is -2.32. The molecule has 5 nitrogen and oxygen atoms in total. The van der Waals surface area contributed by atoms with Crippen molar-refractivity contribution in [3.8, 4) is 6.07 Å². The van der Waals surface area contributed by atoms with Crippen molar-refractivity contribution in [3.63, 3.8) is 0 Å². The van der Waals surface area contributed by atoms with Gasteiger partial charge in [0.1, 0.15) is 11.9 Å². The van der Waals surface area contributed by atoms with Crippen molar-refractivity contribution in [2.24, 2.45) is 17.6 Å². The number of fused-ring (bicyclic) bond motifs is 1. The molecule has 0 spiro atoms. The zero-order chi connectivity index (χ0) is 12.5. The van der Waals surface area contributed by atoms with E-state index in [0.717, 1.165) is 37.7 Å². The van der Waals surface area contributed by atoms with E-state index in [9.17, 15) is 0 Å². The predicted octanol–water partition coefficient (Wildman–Crippen LogP) is 0.912. The van der Waals surface area contributed by atoms with Crippen molar-refractivity contribution >= 4 is 5.82 Å². The SMILES string of the molecule is N#Cc1cnc(N2C[C@H]3CCC(N)C[C@H]3C2)cn1. The number of aromatic nitrogens is 2. The van der Waals surface area contributed by atoms with Gasteiger partial charge in [-0.2, -0.15) is 5.26 Å². The molecule has 2 aliphatic rings. The summed E-state index contributed by atoms with van der Waals surface area (Å²) < 4.78 is 0. The van der Waals surface area contributed by atoms with Crippen LogP contribution in [0.15, 0.2) is 12.4 Å². The first-order chi connectivity index (χ1) is 8.76. The normalized spacial score (nSPS) is 30.9. The largest absolute Gasteiger partial charge is 0.355 e. The number of hydrogen-bond acceptors (Lipinski definition) is 5. The third-order valence-electron chi connectivity index (χ3n) is 4.17. The molecule has 1 saturated heterocycles. The predicted molar refractivity (Wildman–Crippen MR) is 67.8 cm³/mol. The zero-order valence-electron chi connectivity index (χ0n) is 10.3. The molecule has 1 aliphatic heterocycles. The Hall–Kier alpha value is -1.67. The molecule has 0 radical (unpaired) electrons. The topological polar surface area (TPSA) is 78.8 Å². The molecule has 3 atom stereocenters. The van der Waals surface area contributed by atoms with Crippen LogP contribution in [0.1, 0.15) is 25.0 Å². The van der Waals surface area contributed by atoms with Gasteiger partial charge in [-0.15, -0.1) is 0 Å². The second-order valence-electron chi connectivity index (χ2n) is 5.37. The summed E-state index contributed by atoms with van der Waals surface area (Å²) in [5.74, 6) is 2.34. The number of rotatable bonds is 1. The Morgan fingerprint density at radius 1 is 1.22 bits per heavy atom. The maximum atomic E-state index is 8.71. The molecule has 0 amide bonds. The fraction of sp³-hybridized carbons (Fsp3) is 0.615. The summed E-state index contributed by atoms with van der Waals surface area (Å²) >= 11 is 0. The highest BCUT2D eigenvalue weighted by Gasteiger charge is 2.37. The highest BCUT2D eigenvalue weighted by molar-refractivity contribution is 5.39. The molecular formula is C13H17N5. The molecule has 1 aromatic rings. The first-order valence-corrected chi connectivity index (χ1v) is 6.49. The Morgan fingerprint density at radius 2 is 2.06 bits per heavy atom. The van der Waals surface area contributed by atoms with Crippen molar-refractivity contribution in [3.05, 3.63) is 18.1 Å². The van der Waals surface area contributed by atoms with E-state index >= 15 is 0 Å². The Labute approximate surface area is 107 Å². The van der Waals surface area contributed by atoms with Crippen molar-refractivity contribution in [1.82, 2.24) is 9.97 Å². The lowest BCUT2D eigenvalue weighted by atomic mass is 9.79. The Kier molecular flexibility index (Phi) is 2.88. The summed E-state index contributed by atoms with van der Waals surface area (Å²) in [6, 6.07) is 2.37. The van der Waals surface area contributed by atoms with Gasteiger partial charge in [0.15, 0.2) is 5.69 Å². The first kappa shape index (κ1) is 11.4. The summed E-state index contributed by atoms with van der Waals surface area (Å²) in [7, 11) is 0. The molecule has 1 saturated carbocycles. The molecule has 0 aromatic carbocycles. The number of anilines is 1. The van der Waals surface area contributed by atoms with E-state index in [1.807, 2.05) is 6.07 Å². The standard InChI is InChI=1S/C13H17N5/c14-4-12-5-17-13(6-16-12)18-7-9-1-2-11(15)3-10(9)8-18/h5-6,9-11H,1-3,7-8,15H2/t9-,10+,11?/m1/s1. The van der Waals surface area contributed by atoms with Crippen LogP contribution in [0.2, 0.25) is 0 Å². The van der Waals surface area contributed by atoms with Gasteiger partial charge in [-0.05, 0) is 31.1 Å². The van der Waals surface area contributed by atoms with Crippen LogP contribution in [0, 0.1) is 23.2 Å². The minimum atomic E-state index is 0.373. The van der Waals surface area contributed by atoms with Crippen LogP contribution in [0.5, 0.6) is 0 Å². The molecule has 2 heterocycles.